The summed E-state index contributed by atoms with van der Waals surface area (Å²) in [6.07, 6.45) is 4.71. The Balaban J connectivity index is 6.66. The van der Waals surface area contributed by atoms with Crippen LogP contribution in [0.1, 0.15) is 127 Å². The number of primary amides is 1. The molecule has 75 heavy (non-hydrogen) atoms. The van der Waals surface area contributed by atoms with Crippen LogP contribution in [-0.2, 0) is 47.9 Å². The minimum atomic E-state index is -1.56. The number of amides is 9. The highest BCUT2D eigenvalue weighted by atomic mass is 32.2. The molecule has 24 nitrogen and oxygen atoms in total. The van der Waals surface area contributed by atoms with Crippen molar-refractivity contribution in [3.05, 3.63) is 0 Å². The number of aliphatic carboxylic acids is 1. The van der Waals surface area contributed by atoms with Crippen molar-refractivity contribution in [2.45, 2.75) is 181 Å². The Kier molecular flexibility index (Phi) is 34.0. The summed E-state index contributed by atoms with van der Waals surface area (Å²) >= 11 is 2.89. The second kappa shape index (κ2) is 36.6. The molecule has 17 N–H and O–H groups in total. The van der Waals surface area contributed by atoms with Crippen molar-refractivity contribution in [2.75, 3.05) is 30.6 Å². The van der Waals surface area contributed by atoms with Crippen LogP contribution in [-0.4, -0.2) is 155 Å². The molecular formula is C49H91N13O11S2. The van der Waals surface area contributed by atoms with Crippen LogP contribution in [0.15, 0.2) is 4.99 Å². The zero-order valence-corrected chi connectivity index (χ0v) is 47.8. The lowest BCUT2D eigenvalue weighted by Gasteiger charge is -2.31. The van der Waals surface area contributed by atoms with Gasteiger partial charge in [-0.3, -0.25) is 48.1 Å². The number of carboxylic acids is 1. The summed E-state index contributed by atoms with van der Waals surface area (Å²) in [4.78, 5) is 139. The average Bonchev–Trinajstić information content (AvgIpc) is 3.32. The van der Waals surface area contributed by atoms with Crippen molar-refractivity contribution < 1.29 is 53.1 Å². The van der Waals surface area contributed by atoms with Gasteiger partial charge in [0.25, 0.3) is 0 Å². The number of nitrogens with two attached hydrogens (primary N) is 4. The van der Waals surface area contributed by atoms with Crippen LogP contribution in [0.2, 0.25) is 0 Å². The molecule has 0 unspecified atom stereocenters. The van der Waals surface area contributed by atoms with Gasteiger partial charge in [0.2, 0.25) is 53.2 Å². The smallest absolute Gasteiger partial charge is 0.326 e. The van der Waals surface area contributed by atoms with E-state index in [1.165, 1.54) is 23.5 Å². The SMILES string of the molecule is CC[C@H](C)[C@H](NC(=O)[C@H](CC(C)C)NC(=O)[C@H](CCSC)NC(=O)[C@H](CC(C)C)NC(=O)[C@H](CC(N)=O)NC(=O)[C@@H](NC(=O)[C@@H](N)CCSC)C(C)C)C(=O)N[C@H](C(=O)N[C@@H](CCCN=C(N)N)C(=O)O)[C@@H](C)CC. The van der Waals surface area contributed by atoms with Crippen LogP contribution < -0.4 is 65.5 Å². The largest absolute Gasteiger partial charge is 0.480 e. The molecule has 0 saturated carbocycles. The summed E-state index contributed by atoms with van der Waals surface area (Å²) in [5.41, 5.74) is 22.3. The third-order valence-electron chi connectivity index (χ3n) is 12.3. The number of aliphatic imine (C=N–C) groups is 1. The minimum Gasteiger partial charge on any atom is -0.480 e. The molecule has 0 aromatic carbocycles. The van der Waals surface area contributed by atoms with Gasteiger partial charge >= 0.3 is 5.97 Å². The summed E-state index contributed by atoms with van der Waals surface area (Å²) < 4.78 is 0. The number of thioether (sulfide) groups is 2. The van der Waals surface area contributed by atoms with Crippen molar-refractivity contribution in [1.82, 2.24) is 42.5 Å². The lowest BCUT2D eigenvalue weighted by Crippen LogP contribution is -2.62. The molecule has 26 heteroatoms. The Labute approximate surface area is 452 Å². The first kappa shape index (κ1) is 69.6. The van der Waals surface area contributed by atoms with Crippen LogP contribution in [0.3, 0.4) is 0 Å². The number of hydrogen-bond donors (Lipinski definition) is 13. The first-order chi connectivity index (χ1) is 35.0. The molecule has 0 rings (SSSR count). The number of carbonyl (C=O) groups excluding carboxylic acids is 9. The molecule has 0 fully saturated rings. The Bertz CT molecular complexity index is 1910. The van der Waals surface area contributed by atoms with E-state index in [2.05, 4.69) is 47.5 Å². The molecule has 0 aromatic rings. The quantitative estimate of drug-likeness (QED) is 0.0212. The van der Waals surface area contributed by atoms with Gasteiger partial charge < -0.3 is 70.6 Å². The van der Waals surface area contributed by atoms with Gasteiger partial charge in [-0.25, -0.2) is 4.79 Å². The third kappa shape index (κ3) is 27.3. The number of rotatable bonds is 38. The first-order valence-corrected chi connectivity index (χ1v) is 28.6. The summed E-state index contributed by atoms with van der Waals surface area (Å²) in [7, 11) is 0. The zero-order chi connectivity index (χ0) is 57.7. The van der Waals surface area contributed by atoms with Gasteiger partial charge in [-0.1, -0.05) is 82.1 Å². The topological polar surface area (TPSA) is 404 Å². The predicted octanol–water partition coefficient (Wildman–Crippen LogP) is -0.448. The Hall–Kier alpha value is -5.37. The second-order valence-electron chi connectivity index (χ2n) is 20.2. The van der Waals surface area contributed by atoms with Gasteiger partial charge in [0.15, 0.2) is 5.96 Å². The maximum absolute atomic E-state index is 14.3. The summed E-state index contributed by atoms with van der Waals surface area (Å²) in [6.45, 7) is 17.8. The maximum Gasteiger partial charge on any atom is 0.326 e. The van der Waals surface area contributed by atoms with Crippen LogP contribution in [0.25, 0.3) is 0 Å². The van der Waals surface area contributed by atoms with Crippen molar-refractivity contribution in [3.63, 3.8) is 0 Å². The lowest BCUT2D eigenvalue weighted by molar-refractivity contribution is -0.143. The van der Waals surface area contributed by atoms with Gasteiger partial charge in [-0.2, -0.15) is 23.5 Å². The van der Waals surface area contributed by atoms with Crippen LogP contribution >= 0.6 is 23.5 Å². The van der Waals surface area contributed by atoms with Gasteiger partial charge in [0, 0.05) is 6.54 Å². The lowest BCUT2D eigenvalue weighted by atomic mass is 9.94. The van der Waals surface area contributed by atoms with E-state index in [9.17, 15) is 53.1 Å². The minimum absolute atomic E-state index is 0.00275. The molecule has 0 aliphatic heterocycles. The highest BCUT2D eigenvalue weighted by Gasteiger charge is 2.38. The highest BCUT2D eigenvalue weighted by Crippen LogP contribution is 2.16. The monoisotopic (exact) mass is 1100 g/mol. The summed E-state index contributed by atoms with van der Waals surface area (Å²) in [5, 5.41) is 31.1. The van der Waals surface area contributed by atoms with E-state index >= 15 is 0 Å². The van der Waals surface area contributed by atoms with Crippen molar-refractivity contribution in [3.8, 4) is 0 Å². The van der Waals surface area contributed by atoms with E-state index in [4.69, 9.17) is 22.9 Å². The van der Waals surface area contributed by atoms with E-state index in [1.54, 1.807) is 61.6 Å². The number of hydrogen-bond acceptors (Lipinski definition) is 14. The Morgan fingerprint density at radius 3 is 1.32 bits per heavy atom. The van der Waals surface area contributed by atoms with Crippen LogP contribution in [0, 0.1) is 29.6 Å². The molecule has 9 amide bonds. The molecule has 11 atom stereocenters. The molecule has 0 spiro atoms. The molecule has 0 bridgehead atoms. The van der Waals surface area contributed by atoms with E-state index in [-0.39, 0.29) is 56.4 Å². The molecule has 0 heterocycles. The van der Waals surface area contributed by atoms with Crippen molar-refractivity contribution >= 4 is 88.6 Å². The van der Waals surface area contributed by atoms with Gasteiger partial charge in [0.05, 0.1) is 12.5 Å². The molecule has 0 radical (unpaired) electrons. The highest BCUT2D eigenvalue weighted by molar-refractivity contribution is 7.98. The van der Waals surface area contributed by atoms with Crippen molar-refractivity contribution in [2.24, 2.45) is 57.5 Å². The summed E-state index contributed by atoms with van der Waals surface area (Å²) in [5.74, 6) is -9.12. The van der Waals surface area contributed by atoms with Gasteiger partial charge in [-0.05, 0) is 92.1 Å². The summed E-state index contributed by atoms with van der Waals surface area (Å²) in [6, 6.07) is -11.1. The number of carboxylic acid groups (broad SMARTS) is 1. The normalized spacial score (nSPS) is 15.7. The molecular weight excluding hydrogens is 1010 g/mol. The van der Waals surface area contributed by atoms with Crippen molar-refractivity contribution in [1.29, 1.82) is 0 Å². The number of nitrogens with one attached hydrogen (secondary N) is 8. The fraction of sp³-hybridized carbons (Fsp3) is 0.776. The van der Waals surface area contributed by atoms with E-state index in [1.807, 2.05) is 20.1 Å². The van der Waals surface area contributed by atoms with Crippen LogP contribution in [0.4, 0.5) is 0 Å². The zero-order valence-electron chi connectivity index (χ0n) is 46.2. The molecule has 0 saturated heterocycles. The average molecular weight is 1100 g/mol. The Morgan fingerprint density at radius 1 is 0.493 bits per heavy atom. The third-order valence-corrected chi connectivity index (χ3v) is 13.6. The maximum atomic E-state index is 14.3. The number of guanidine groups is 1. The molecule has 0 aromatic heterocycles. The number of nitrogens with zero attached hydrogens (tertiary/aromatic N) is 1. The fourth-order valence-electron chi connectivity index (χ4n) is 7.49. The molecule has 0 aliphatic rings. The van der Waals surface area contributed by atoms with Crippen LogP contribution in [0.5, 0.6) is 0 Å². The van der Waals surface area contributed by atoms with Gasteiger partial charge in [0.1, 0.15) is 48.3 Å². The van der Waals surface area contributed by atoms with E-state index < -0.39 is 138 Å². The predicted molar refractivity (Wildman–Crippen MR) is 293 cm³/mol. The standard InChI is InChI=1S/C49H91N13O11S2/c1-13-28(9)38(46(70)56-32(48(72)73)16-15-19-54-49(52)53)62-47(71)39(29(10)14-2)61-44(68)34(23-26(5)6)57-41(65)31(18-21-75-12)55-42(66)33(22-25(3)4)58-43(67)35(24-36(51)63)59-45(69)37(27(7)8)60-40(64)30(50)17-20-74-11/h25-35,37-39H,13-24,50H2,1-12H3,(H2,51,63)(H,55,66)(H,56,70)(H,57,65)(H,58,67)(H,59,69)(H,60,64)(H,61,68)(H,62,71)(H,72,73)(H4,52,53,54)/t28-,29-,30-,31-,32-,33-,34-,35-,37-,38-,39-/m0/s1. The fourth-order valence-corrected chi connectivity index (χ4v) is 8.45. The van der Waals surface area contributed by atoms with E-state index in [0.29, 0.717) is 30.8 Å². The molecule has 0 aliphatic carbocycles. The molecule has 430 valence electrons. The number of carbonyl (C=O) groups is 10. The van der Waals surface area contributed by atoms with Gasteiger partial charge in [-0.15, -0.1) is 0 Å². The Morgan fingerprint density at radius 2 is 0.880 bits per heavy atom. The second-order valence-corrected chi connectivity index (χ2v) is 22.1. The first-order valence-electron chi connectivity index (χ1n) is 25.8. The van der Waals surface area contributed by atoms with E-state index in [0.717, 1.165) is 0 Å².